The zero-order valence-electron chi connectivity index (χ0n) is 11.2. The maximum atomic E-state index is 11.7. The highest BCUT2D eigenvalue weighted by Gasteiger charge is 2.17. The fourth-order valence-corrected chi connectivity index (χ4v) is 2.56. The molecule has 19 heavy (non-hydrogen) atoms. The third-order valence-electron chi connectivity index (χ3n) is 2.95. The second-order valence-corrected chi connectivity index (χ2v) is 5.25. The quantitative estimate of drug-likeness (QED) is 0.720. The van der Waals surface area contributed by atoms with E-state index in [1.165, 1.54) is 0 Å². The van der Waals surface area contributed by atoms with Gasteiger partial charge in [-0.2, -0.15) is 0 Å². The second-order valence-electron chi connectivity index (χ2n) is 4.27. The number of carbonyl (C=O) groups is 2. The van der Waals surface area contributed by atoms with Gasteiger partial charge in [-0.05, 0) is 24.3 Å². The van der Waals surface area contributed by atoms with Gasteiger partial charge in [-0.15, -0.1) is 11.3 Å². The summed E-state index contributed by atoms with van der Waals surface area (Å²) in [4.78, 5) is 23.7. The molecule has 0 aromatic carbocycles. The van der Waals surface area contributed by atoms with Gasteiger partial charge >= 0.3 is 12.0 Å². The molecular weight excluding hydrogens is 264 g/mol. The number of nitrogens with one attached hydrogen (secondary N) is 2. The number of urea groups is 1. The Morgan fingerprint density at radius 3 is 2.58 bits per heavy atom. The van der Waals surface area contributed by atoms with Crippen molar-refractivity contribution in [3.05, 3.63) is 22.4 Å². The maximum absolute atomic E-state index is 11.7. The number of carboxylic acid groups (broad SMARTS) is 1. The molecule has 1 heterocycles. The van der Waals surface area contributed by atoms with Crippen LogP contribution >= 0.6 is 11.3 Å². The second kappa shape index (κ2) is 7.78. The van der Waals surface area contributed by atoms with Crippen LogP contribution in [-0.4, -0.2) is 23.7 Å². The molecule has 5 nitrogen and oxygen atoms in total. The van der Waals surface area contributed by atoms with E-state index in [9.17, 15) is 9.59 Å². The van der Waals surface area contributed by atoms with Crippen molar-refractivity contribution < 1.29 is 14.7 Å². The van der Waals surface area contributed by atoms with Crippen LogP contribution in [0, 0.1) is 5.92 Å². The lowest BCUT2D eigenvalue weighted by Gasteiger charge is -2.17. The molecule has 1 aromatic rings. The largest absolute Gasteiger partial charge is 0.481 e. The molecule has 1 rings (SSSR count). The van der Waals surface area contributed by atoms with E-state index >= 15 is 0 Å². The highest BCUT2D eigenvalue weighted by atomic mass is 32.1. The summed E-state index contributed by atoms with van der Waals surface area (Å²) < 4.78 is 0. The van der Waals surface area contributed by atoms with Crippen molar-refractivity contribution in [3.8, 4) is 0 Å². The van der Waals surface area contributed by atoms with Crippen LogP contribution in [0.1, 0.15) is 37.6 Å². The highest BCUT2D eigenvalue weighted by Crippen LogP contribution is 2.21. The lowest BCUT2D eigenvalue weighted by atomic mass is 10.1. The lowest BCUT2D eigenvalue weighted by molar-refractivity contribution is -0.141. The van der Waals surface area contributed by atoms with Crippen LogP contribution in [0.25, 0.3) is 0 Å². The van der Waals surface area contributed by atoms with Crippen LogP contribution in [0.15, 0.2) is 17.5 Å². The first-order chi connectivity index (χ1) is 9.08. The summed E-state index contributed by atoms with van der Waals surface area (Å²) in [6.45, 7) is 3.94. The molecule has 0 fully saturated rings. The van der Waals surface area contributed by atoms with Crippen molar-refractivity contribution in [1.29, 1.82) is 0 Å². The number of carbonyl (C=O) groups excluding carboxylic acids is 1. The van der Waals surface area contributed by atoms with E-state index in [0.717, 1.165) is 11.3 Å². The first kappa shape index (κ1) is 15.5. The third-order valence-corrected chi connectivity index (χ3v) is 3.94. The van der Waals surface area contributed by atoms with Gasteiger partial charge in [0.2, 0.25) is 0 Å². The monoisotopic (exact) mass is 284 g/mol. The number of carboxylic acids is 1. The van der Waals surface area contributed by atoms with E-state index in [1.807, 2.05) is 24.4 Å². The van der Waals surface area contributed by atoms with Gasteiger partial charge in [-0.25, -0.2) is 4.79 Å². The minimum atomic E-state index is -0.881. The summed E-state index contributed by atoms with van der Waals surface area (Å²) in [6, 6.07) is 3.58. The minimum Gasteiger partial charge on any atom is -0.481 e. The van der Waals surface area contributed by atoms with Crippen molar-refractivity contribution in [1.82, 2.24) is 10.6 Å². The molecule has 2 atom stereocenters. The summed E-state index contributed by atoms with van der Waals surface area (Å²) >= 11 is 1.59. The maximum Gasteiger partial charge on any atom is 0.315 e. The summed E-state index contributed by atoms with van der Waals surface area (Å²) in [5.41, 5.74) is 0. The van der Waals surface area contributed by atoms with Crippen molar-refractivity contribution in [3.63, 3.8) is 0 Å². The average molecular weight is 284 g/mol. The lowest BCUT2D eigenvalue weighted by Crippen LogP contribution is -2.41. The Bertz CT molecular complexity index is 406. The first-order valence-corrected chi connectivity index (χ1v) is 7.27. The van der Waals surface area contributed by atoms with Gasteiger partial charge in [0, 0.05) is 11.4 Å². The number of amides is 2. The Labute approximate surface area is 117 Å². The predicted molar refractivity (Wildman–Crippen MR) is 75.3 cm³/mol. The summed E-state index contributed by atoms with van der Waals surface area (Å²) in [7, 11) is 0. The standard InChI is InChI=1S/C13H20N2O3S/c1-3-9(12(16)17)8-14-13(18)15-10(4-2)11-6-5-7-19-11/h5-7,9-10H,3-4,8H2,1-2H3,(H,16,17)(H2,14,15,18). The number of aliphatic carboxylic acids is 1. The Balaban J connectivity index is 2.44. The molecule has 1 aromatic heterocycles. The molecule has 0 spiro atoms. The molecule has 106 valence electrons. The first-order valence-electron chi connectivity index (χ1n) is 6.39. The van der Waals surface area contributed by atoms with Gasteiger partial charge in [0.1, 0.15) is 0 Å². The predicted octanol–water partition coefficient (Wildman–Crippen LogP) is 2.61. The number of rotatable bonds is 7. The zero-order chi connectivity index (χ0) is 14.3. The smallest absolute Gasteiger partial charge is 0.315 e. The van der Waals surface area contributed by atoms with E-state index in [1.54, 1.807) is 18.3 Å². The number of hydrogen-bond acceptors (Lipinski definition) is 3. The van der Waals surface area contributed by atoms with Crippen molar-refractivity contribution in [2.24, 2.45) is 5.92 Å². The van der Waals surface area contributed by atoms with Crippen LogP contribution < -0.4 is 10.6 Å². The Morgan fingerprint density at radius 2 is 2.11 bits per heavy atom. The van der Waals surface area contributed by atoms with E-state index < -0.39 is 11.9 Å². The van der Waals surface area contributed by atoms with Gasteiger partial charge < -0.3 is 15.7 Å². The van der Waals surface area contributed by atoms with Crippen molar-refractivity contribution in [2.75, 3.05) is 6.54 Å². The summed E-state index contributed by atoms with van der Waals surface area (Å²) in [6.07, 6.45) is 1.29. The van der Waals surface area contributed by atoms with Gasteiger partial charge in [0.05, 0.1) is 12.0 Å². The van der Waals surface area contributed by atoms with Crippen molar-refractivity contribution in [2.45, 2.75) is 32.7 Å². The van der Waals surface area contributed by atoms with Crippen LogP contribution in [-0.2, 0) is 4.79 Å². The molecule has 0 aliphatic heterocycles. The topological polar surface area (TPSA) is 78.4 Å². The van der Waals surface area contributed by atoms with Crippen molar-refractivity contribution >= 4 is 23.3 Å². The fraction of sp³-hybridized carbons (Fsp3) is 0.538. The minimum absolute atomic E-state index is 0.0232. The van der Waals surface area contributed by atoms with Gasteiger partial charge in [-0.1, -0.05) is 19.9 Å². The highest BCUT2D eigenvalue weighted by molar-refractivity contribution is 7.10. The molecule has 2 amide bonds. The Morgan fingerprint density at radius 1 is 1.37 bits per heavy atom. The number of thiophene rings is 1. The normalized spacial score (nSPS) is 13.6. The molecule has 0 radical (unpaired) electrons. The Hall–Kier alpha value is -1.56. The molecular formula is C13H20N2O3S. The SMILES string of the molecule is CCC(CNC(=O)NC(CC)c1cccs1)C(=O)O. The zero-order valence-corrected chi connectivity index (χ0v) is 12.0. The van der Waals surface area contributed by atoms with Crippen LogP contribution in [0.3, 0.4) is 0 Å². The molecule has 3 N–H and O–H groups in total. The van der Waals surface area contributed by atoms with E-state index in [4.69, 9.17) is 5.11 Å². The van der Waals surface area contributed by atoms with Gasteiger partial charge in [0.25, 0.3) is 0 Å². The van der Waals surface area contributed by atoms with E-state index in [2.05, 4.69) is 10.6 Å². The fourth-order valence-electron chi connectivity index (χ4n) is 1.70. The third kappa shape index (κ3) is 4.90. The van der Waals surface area contributed by atoms with E-state index in [-0.39, 0.29) is 18.6 Å². The average Bonchev–Trinajstić information content (AvgIpc) is 2.90. The number of hydrogen-bond donors (Lipinski definition) is 3. The van der Waals surface area contributed by atoms with Crippen LogP contribution in [0.2, 0.25) is 0 Å². The van der Waals surface area contributed by atoms with Gasteiger partial charge in [0.15, 0.2) is 0 Å². The van der Waals surface area contributed by atoms with E-state index in [0.29, 0.717) is 6.42 Å². The summed E-state index contributed by atoms with van der Waals surface area (Å²) in [5, 5.41) is 16.3. The Kier molecular flexibility index (Phi) is 6.35. The molecule has 0 saturated heterocycles. The molecule has 0 aliphatic rings. The summed E-state index contributed by atoms with van der Waals surface area (Å²) in [5.74, 6) is -1.42. The van der Waals surface area contributed by atoms with Crippen LogP contribution in [0.4, 0.5) is 4.79 Å². The molecule has 0 bridgehead atoms. The molecule has 0 saturated carbocycles. The molecule has 6 heteroatoms. The molecule has 0 aliphatic carbocycles. The van der Waals surface area contributed by atoms with Gasteiger partial charge in [-0.3, -0.25) is 4.79 Å². The van der Waals surface area contributed by atoms with Crippen LogP contribution in [0.5, 0.6) is 0 Å². The molecule has 2 unspecified atom stereocenters.